The van der Waals surface area contributed by atoms with Gasteiger partial charge in [0.2, 0.25) is 6.10 Å². The molecule has 30 heavy (non-hydrogen) atoms. The minimum absolute atomic E-state index is 0.287. The molecule has 1 aromatic heterocycles. The maximum atomic E-state index is 13.1. The van der Waals surface area contributed by atoms with E-state index < -0.39 is 18.0 Å². The summed E-state index contributed by atoms with van der Waals surface area (Å²) in [4.78, 5) is 29.8. The van der Waals surface area contributed by atoms with E-state index in [2.05, 4.69) is 37.3 Å². The van der Waals surface area contributed by atoms with Crippen LogP contribution in [-0.2, 0) is 20.7 Å². The van der Waals surface area contributed by atoms with Crippen LogP contribution < -0.4 is 0 Å². The van der Waals surface area contributed by atoms with Gasteiger partial charge in [0.25, 0.3) is 0 Å². The molecule has 0 radical (unpaired) electrons. The highest BCUT2D eigenvalue weighted by Crippen LogP contribution is 2.38. The van der Waals surface area contributed by atoms with Crippen LogP contribution in [0.4, 0.5) is 0 Å². The number of hydrogen-bond donors (Lipinski definition) is 0. The third-order valence-corrected chi connectivity index (χ3v) is 5.70. The molecule has 2 heterocycles. The van der Waals surface area contributed by atoms with E-state index in [1.165, 1.54) is 5.56 Å². The van der Waals surface area contributed by atoms with Crippen LogP contribution in [0.3, 0.4) is 0 Å². The first kappa shape index (κ1) is 18.6. The number of carbonyl (C=O) groups is 2. The zero-order valence-electron chi connectivity index (χ0n) is 16.7. The third-order valence-electron chi connectivity index (χ3n) is 5.70. The van der Waals surface area contributed by atoms with Crippen LogP contribution in [0.2, 0.25) is 0 Å². The highest BCUT2D eigenvalue weighted by molar-refractivity contribution is 6.07. The molecule has 0 amide bonds. The molecule has 5 rings (SSSR count). The van der Waals surface area contributed by atoms with Gasteiger partial charge in [-0.05, 0) is 48.6 Å². The molecule has 0 N–H and O–H groups in total. The molecule has 0 bridgehead atoms. The molecular formula is C25H21NO4. The van der Waals surface area contributed by atoms with Gasteiger partial charge in [-0.3, -0.25) is 0 Å². The van der Waals surface area contributed by atoms with Crippen molar-refractivity contribution in [3.8, 4) is 0 Å². The first-order chi connectivity index (χ1) is 14.6. The molecule has 2 aromatic carbocycles. The Hall–Kier alpha value is -3.47. The molecule has 3 aromatic rings. The van der Waals surface area contributed by atoms with E-state index in [9.17, 15) is 9.59 Å². The quantitative estimate of drug-likeness (QED) is 0.607. The fourth-order valence-corrected chi connectivity index (χ4v) is 4.15. The zero-order valence-corrected chi connectivity index (χ0v) is 16.7. The Balaban J connectivity index is 1.60. The minimum atomic E-state index is -0.830. The lowest BCUT2D eigenvalue weighted by Crippen LogP contribution is -2.23. The highest BCUT2D eigenvalue weighted by Gasteiger charge is 2.33. The van der Waals surface area contributed by atoms with E-state index >= 15 is 0 Å². The summed E-state index contributed by atoms with van der Waals surface area (Å²) in [7, 11) is 0. The lowest BCUT2D eigenvalue weighted by atomic mass is 10.0. The second-order valence-electron chi connectivity index (χ2n) is 7.76. The number of cyclic esters (lactones) is 1. The number of para-hydroxylation sites is 1. The number of aromatic nitrogens is 1. The second kappa shape index (κ2) is 7.41. The van der Waals surface area contributed by atoms with E-state index in [-0.39, 0.29) is 6.61 Å². The van der Waals surface area contributed by atoms with Gasteiger partial charge in [0.15, 0.2) is 0 Å². The lowest BCUT2D eigenvalue weighted by Gasteiger charge is -2.14. The largest absolute Gasteiger partial charge is 0.463 e. The molecule has 0 saturated carbocycles. The summed E-state index contributed by atoms with van der Waals surface area (Å²) in [6, 6.07) is 15.9. The summed E-state index contributed by atoms with van der Waals surface area (Å²) in [6.07, 6.45) is 3.22. The van der Waals surface area contributed by atoms with Crippen molar-refractivity contribution in [2.75, 3.05) is 6.61 Å². The zero-order chi connectivity index (χ0) is 20.7. The monoisotopic (exact) mass is 399 g/mol. The molecule has 5 heteroatoms. The number of benzene rings is 2. The number of esters is 2. The minimum Gasteiger partial charge on any atom is -0.463 e. The van der Waals surface area contributed by atoms with Crippen LogP contribution >= 0.6 is 0 Å². The molecule has 2 aliphatic rings. The van der Waals surface area contributed by atoms with E-state index in [0.29, 0.717) is 18.4 Å². The number of aryl methyl sites for hydroxylation is 1. The summed E-state index contributed by atoms with van der Waals surface area (Å²) in [5.74, 6) is -0.955. The Morgan fingerprint density at radius 2 is 1.93 bits per heavy atom. The number of hydrogen-bond acceptors (Lipinski definition) is 5. The molecule has 0 unspecified atom stereocenters. The van der Waals surface area contributed by atoms with Gasteiger partial charge < -0.3 is 9.47 Å². The van der Waals surface area contributed by atoms with E-state index in [4.69, 9.17) is 14.5 Å². The maximum absolute atomic E-state index is 13.1. The van der Waals surface area contributed by atoms with Crippen molar-refractivity contribution < 1.29 is 19.1 Å². The van der Waals surface area contributed by atoms with Crippen LogP contribution in [0.5, 0.6) is 0 Å². The van der Waals surface area contributed by atoms with Crippen LogP contribution in [0, 0.1) is 6.92 Å². The van der Waals surface area contributed by atoms with Crippen molar-refractivity contribution in [3.63, 3.8) is 0 Å². The van der Waals surface area contributed by atoms with Crippen molar-refractivity contribution in [2.24, 2.45) is 0 Å². The van der Waals surface area contributed by atoms with Crippen molar-refractivity contribution in [3.05, 3.63) is 76.5 Å². The van der Waals surface area contributed by atoms with E-state index in [1.54, 1.807) is 0 Å². The van der Waals surface area contributed by atoms with Gasteiger partial charge >= 0.3 is 11.9 Å². The highest BCUT2D eigenvalue weighted by atomic mass is 16.6. The molecule has 1 aliphatic carbocycles. The van der Waals surface area contributed by atoms with E-state index in [1.807, 2.05) is 24.3 Å². The van der Waals surface area contributed by atoms with Crippen molar-refractivity contribution in [1.82, 2.24) is 4.98 Å². The smallest absolute Gasteiger partial charge is 0.347 e. The predicted octanol–water partition coefficient (Wildman–Crippen LogP) is 4.50. The number of allylic oxidation sites excluding steroid dienone is 1. The third kappa shape index (κ3) is 3.26. The predicted molar refractivity (Wildman–Crippen MR) is 114 cm³/mol. The number of rotatable bonds is 3. The Kier molecular flexibility index (Phi) is 4.58. The van der Waals surface area contributed by atoms with Crippen LogP contribution in [0.15, 0.2) is 48.5 Å². The van der Waals surface area contributed by atoms with Gasteiger partial charge in [0.05, 0.1) is 23.4 Å². The molecule has 1 aliphatic heterocycles. The molecule has 1 saturated heterocycles. The molecule has 1 atom stereocenters. The average Bonchev–Trinajstić information content (AvgIpc) is 3.34. The van der Waals surface area contributed by atoms with Gasteiger partial charge in [-0.2, -0.15) is 0 Å². The SMILES string of the molecule is Cc1ccc(/C=C2\CCc3c2nc2ccccc2c3C(=O)O[C@@H]2CCOC2=O)cc1. The fourth-order valence-electron chi connectivity index (χ4n) is 4.15. The average molecular weight is 399 g/mol. The number of pyridine rings is 1. The molecule has 150 valence electrons. The Morgan fingerprint density at radius 3 is 2.70 bits per heavy atom. The van der Waals surface area contributed by atoms with Crippen molar-refractivity contribution in [1.29, 1.82) is 0 Å². The summed E-state index contributed by atoms with van der Waals surface area (Å²) in [6.45, 7) is 2.35. The molecular weight excluding hydrogens is 378 g/mol. The summed E-state index contributed by atoms with van der Waals surface area (Å²) in [5, 5.41) is 0.754. The standard InChI is InChI=1S/C25H21NO4/c1-15-6-8-16(9-7-15)14-17-10-11-19-22(25(28)30-21-12-13-29-24(21)27)18-4-2-3-5-20(18)26-23(17)19/h2-9,14,21H,10-13H2,1H3/b17-14+/t21-/m1/s1. The van der Waals surface area contributed by atoms with Gasteiger partial charge in [0, 0.05) is 11.8 Å². The van der Waals surface area contributed by atoms with Crippen molar-refractivity contribution in [2.45, 2.75) is 32.3 Å². The van der Waals surface area contributed by atoms with Gasteiger partial charge in [-0.25, -0.2) is 14.6 Å². The number of fused-ring (bicyclic) bond motifs is 2. The van der Waals surface area contributed by atoms with Crippen LogP contribution in [0.1, 0.15) is 45.6 Å². The number of ether oxygens (including phenoxy) is 2. The van der Waals surface area contributed by atoms with Gasteiger partial charge in [-0.1, -0.05) is 48.0 Å². The first-order valence-electron chi connectivity index (χ1n) is 10.2. The van der Waals surface area contributed by atoms with Crippen molar-refractivity contribution >= 4 is 34.5 Å². The summed E-state index contributed by atoms with van der Waals surface area (Å²) in [5.41, 5.74) is 6.42. The normalized spacial score (nSPS) is 19.2. The Labute approximate surface area is 174 Å². The Bertz CT molecular complexity index is 1190. The number of nitrogens with zero attached hydrogens (tertiary/aromatic N) is 1. The summed E-state index contributed by atoms with van der Waals surface area (Å²) >= 11 is 0. The molecule has 0 spiro atoms. The first-order valence-corrected chi connectivity index (χ1v) is 10.2. The molecule has 5 nitrogen and oxygen atoms in total. The lowest BCUT2D eigenvalue weighted by molar-refractivity contribution is -0.145. The number of carbonyl (C=O) groups excluding carboxylic acids is 2. The Morgan fingerprint density at radius 1 is 1.13 bits per heavy atom. The van der Waals surface area contributed by atoms with E-state index in [0.717, 1.165) is 39.7 Å². The maximum Gasteiger partial charge on any atom is 0.347 e. The van der Waals surface area contributed by atoms with Crippen LogP contribution in [-0.4, -0.2) is 29.6 Å². The fraction of sp³-hybridized carbons (Fsp3) is 0.240. The van der Waals surface area contributed by atoms with Crippen LogP contribution in [0.25, 0.3) is 22.6 Å². The van der Waals surface area contributed by atoms with Gasteiger partial charge in [0.1, 0.15) is 0 Å². The molecule has 1 fully saturated rings. The van der Waals surface area contributed by atoms with Gasteiger partial charge in [-0.15, -0.1) is 0 Å². The summed E-state index contributed by atoms with van der Waals surface area (Å²) < 4.78 is 10.5. The topological polar surface area (TPSA) is 65.5 Å². The second-order valence-corrected chi connectivity index (χ2v) is 7.76.